The fraction of sp³-hybridized carbons (Fsp3) is 0.278. The van der Waals surface area contributed by atoms with Gasteiger partial charge in [0.1, 0.15) is 5.82 Å². The van der Waals surface area contributed by atoms with E-state index in [1.807, 2.05) is 31.2 Å². The molecule has 4 heteroatoms. The van der Waals surface area contributed by atoms with Crippen molar-refractivity contribution in [3.8, 4) is 11.1 Å². The van der Waals surface area contributed by atoms with Crippen molar-refractivity contribution >= 4 is 5.97 Å². The van der Waals surface area contributed by atoms with Gasteiger partial charge >= 0.3 is 5.97 Å². The number of carboxylic acid groups (broad SMARTS) is 1. The van der Waals surface area contributed by atoms with E-state index in [1.165, 1.54) is 0 Å². The molecule has 0 saturated heterocycles. The van der Waals surface area contributed by atoms with E-state index in [0.717, 1.165) is 16.7 Å². The summed E-state index contributed by atoms with van der Waals surface area (Å²) >= 11 is 0. The summed E-state index contributed by atoms with van der Waals surface area (Å²) in [5, 5.41) is 8.92. The third-order valence-electron chi connectivity index (χ3n) is 3.95. The fourth-order valence-corrected chi connectivity index (χ4v) is 2.80. The average Bonchev–Trinajstić information content (AvgIpc) is 2.43. The molecule has 0 spiro atoms. The number of aryl methyl sites for hydroxylation is 2. The molecule has 1 unspecified atom stereocenters. The highest BCUT2D eigenvalue weighted by molar-refractivity contribution is 5.74. The van der Waals surface area contributed by atoms with Crippen LogP contribution in [0.15, 0.2) is 30.3 Å². The lowest BCUT2D eigenvalue weighted by molar-refractivity contribution is -0.137. The summed E-state index contributed by atoms with van der Waals surface area (Å²) in [6.07, 6.45) is -0.297. The van der Waals surface area contributed by atoms with E-state index in [9.17, 15) is 9.18 Å². The van der Waals surface area contributed by atoms with Gasteiger partial charge in [-0.15, -0.1) is 0 Å². The molecule has 0 aliphatic heterocycles. The highest BCUT2D eigenvalue weighted by Crippen LogP contribution is 2.34. The van der Waals surface area contributed by atoms with Crippen LogP contribution in [0.2, 0.25) is 0 Å². The van der Waals surface area contributed by atoms with Crippen molar-refractivity contribution in [2.45, 2.75) is 33.2 Å². The summed E-state index contributed by atoms with van der Waals surface area (Å²) in [6.45, 7) is 5.46. The molecular formula is C18H20FNO2. The van der Waals surface area contributed by atoms with Gasteiger partial charge in [-0.2, -0.15) is 0 Å². The minimum absolute atomic E-state index is 0.292. The topological polar surface area (TPSA) is 63.3 Å². The Balaban J connectivity index is 2.66. The molecule has 2 aromatic carbocycles. The average molecular weight is 301 g/mol. The normalized spacial score (nSPS) is 12.2. The largest absolute Gasteiger partial charge is 0.481 e. The SMILES string of the molecule is Cc1ccccc1-c1cc(C)c(F)c(C(N)CC(=O)O)c1C. The van der Waals surface area contributed by atoms with Gasteiger partial charge in [-0.05, 0) is 54.7 Å². The van der Waals surface area contributed by atoms with E-state index >= 15 is 0 Å². The Bertz CT molecular complexity index is 725. The van der Waals surface area contributed by atoms with E-state index in [0.29, 0.717) is 16.7 Å². The molecule has 116 valence electrons. The van der Waals surface area contributed by atoms with Gasteiger partial charge in [0.15, 0.2) is 0 Å². The van der Waals surface area contributed by atoms with E-state index in [2.05, 4.69) is 0 Å². The first-order chi connectivity index (χ1) is 10.3. The number of halogens is 1. The Morgan fingerprint density at radius 1 is 1.18 bits per heavy atom. The van der Waals surface area contributed by atoms with E-state index in [1.54, 1.807) is 19.9 Å². The molecule has 0 aliphatic rings. The smallest absolute Gasteiger partial charge is 0.305 e. The molecule has 0 aliphatic carbocycles. The molecule has 2 rings (SSSR count). The number of hydrogen-bond donors (Lipinski definition) is 2. The molecule has 0 saturated carbocycles. The number of aliphatic carboxylic acids is 1. The number of benzene rings is 2. The van der Waals surface area contributed by atoms with Crippen molar-refractivity contribution in [1.29, 1.82) is 0 Å². The molecule has 0 radical (unpaired) electrons. The van der Waals surface area contributed by atoms with Crippen LogP contribution < -0.4 is 5.73 Å². The Morgan fingerprint density at radius 3 is 2.41 bits per heavy atom. The second-order valence-corrected chi connectivity index (χ2v) is 5.61. The predicted molar refractivity (Wildman–Crippen MR) is 85.2 cm³/mol. The zero-order valence-corrected chi connectivity index (χ0v) is 13.0. The Morgan fingerprint density at radius 2 is 1.82 bits per heavy atom. The highest BCUT2D eigenvalue weighted by atomic mass is 19.1. The molecule has 2 aromatic rings. The van der Waals surface area contributed by atoms with Crippen molar-refractivity contribution in [3.63, 3.8) is 0 Å². The highest BCUT2D eigenvalue weighted by Gasteiger charge is 2.22. The first-order valence-corrected chi connectivity index (χ1v) is 7.16. The van der Waals surface area contributed by atoms with Crippen molar-refractivity contribution < 1.29 is 14.3 Å². The van der Waals surface area contributed by atoms with E-state index in [4.69, 9.17) is 10.8 Å². The monoisotopic (exact) mass is 301 g/mol. The van der Waals surface area contributed by atoms with Gasteiger partial charge < -0.3 is 10.8 Å². The standard InChI is InChI=1S/C18H20FNO2/c1-10-6-4-5-7-13(10)14-8-11(2)18(19)17(12(14)3)15(20)9-16(21)22/h4-8,15H,9,20H2,1-3H3,(H,21,22). The molecular weight excluding hydrogens is 281 g/mol. The van der Waals surface area contributed by atoms with Crippen molar-refractivity contribution in [1.82, 2.24) is 0 Å². The summed E-state index contributed by atoms with van der Waals surface area (Å²) in [4.78, 5) is 10.9. The van der Waals surface area contributed by atoms with Crippen LogP contribution in [0, 0.1) is 26.6 Å². The maximum absolute atomic E-state index is 14.5. The maximum atomic E-state index is 14.5. The van der Waals surface area contributed by atoms with Crippen LogP contribution in [0.4, 0.5) is 4.39 Å². The van der Waals surface area contributed by atoms with Gasteiger partial charge in [0, 0.05) is 11.6 Å². The molecule has 3 N–H and O–H groups in total. The number of carbonyl (C=O) groups is 1. The first kappa shape index (κ1) is 16.2. The molecule has 0 heterocycles. The number of hydrogen-bond acceptors (Lipinski definition) is 2. The molecule has 22 heavy (non-hydrogen) atoms. The van der Waals surface area contributed by atoms with Crippen LogP contribution in [0.1, 0.15) is 34.7 Å². The van der Waals surface area contributed by atoms with Gasteiger partial charge in [0.2, 0.25) is 0 Å². The van der Waals surface area contributed by atoms with Crippen LogP contribution in [0.25, 0.3) is 11.1 Å². The summed E-state index contributed by atoms with van der Waals surface area (Å²) in [7, 11) is 0. The second kappa shape index (κ2) is 6.28. The summed E-state index contributed by atoms with van der Waals surface area (Å²) < 4.78 is 14.5. The lowest BCUT2D eigenvalue weighted by Crippen LogP contribution is -2.18. The second-order valence-electron chi connectivity index (χ2n) is 5.61. The minimum Gasteiger partial charge on any atom is -0.481 e. The van der Waals surface area contributed by atoms with Gasteiger partial charge in [0.25, 0.3) is 0 Å². The zero-order chi connectivity index (χ0) is 16.4. The molecule has 0 fully saturated rings. The van der Waals surface area contributed by atoms with Gasteiger partial charge in [-0.1, -0.05) is 24.3 Å². The fourth-order valence-electron chi connectivity index (χ4n) is 2.80. The van der Waals surface area contributed by atoms with Crippen LogP contribution in [0.5, 0.6) is 0 Å². The number of carboxylic acids is 1. The summed E-state index contributed by atoms with van der Waals surface area (Å²) in [5.41, 5.74) is 10.4. The first-order valence-electron chi connectivity index (χ1n) is 7.16. The maximum Gasteiger partial charge on any atom is 0.305 e. The molecule has 3 nitrogen and oxygen atoms in total. The third-order valence-corrected chi connectivity index (χ3v) is 3.95. The van der Waals surface area contributed by atoms with Gasteiger partial charge in [-0.25, -0.2) is 4.39 Å². The van der Waals surface area contributed by atoms with E-state index in [-0.39, 0.29) is 6.42 Å². The molecule has 0 bridgehead atoms. The molecule has 0 aromatic heterocycles. The van der Waals surface area contributed by atoms with Gasteiger partial charge in [0.05, 0.1) is 6.42 Å². The van der Waals surface area contributed by atoms with Crippen LogP contribution >= 0.6 is 0 Å². The van der Waals surface area contributed by atoms with Crippen LogP contribution in [0.3, 0.4) is 0 Å². The Hall–Kier alpha value is -2.20. The molecule has 1 atom stereocenters. The Labute approximate surface area is 129 Å². The van der Waals surface area contributed by atoms with Crippen molar-refractivity contribution in [2.75, 3.05) is 0 Å². The lowest BCUT2D eigenvalue weighted by atomic mass is 9.88. The van der Waals surface area contributed by atoms with E-state index < -0.39 is 17.8 Å². The quantitative estimate of drug-likeness (QED) is 0.900. The van der Waals surface area contributed by atoms with Crippen molar-refractivity contribution in [3.05, 3.63) is 58.4 Å². The van der Waals surface area contributed by atoms with Crippen LogP contribution in [-0.2, 0) is 4.79 Å². The zero-order valence-electron chi connectivity index (χ0n) is 13.0. The lowest BCUT2D eigenvalue weighted by Gasteiger charge is -2.20. The minimum atomic E-state index is -1.04. The van der Waals surface area contributed by atoms with Crippen molar-refractivity contribution in [2.24, 2.45) is 5.73 Å². The third kappa shape index (κ3) is 3.02. The van der Waals surface area contributed by atoms with Gasteiger partial charge in [-0.3, -0.25) is 4.79 Å². The Kier molecular flexibility index (Phi) is 4.62. The number of nitrogens with two attached hydrogens (primary N) is 1. The molecule has 0 amide bonds. The summed E-state index contributed by atoms with van der Waals surface area (Å²) in [5.74, 6) is -1.45. The predicted octanol–water partition coefficient (Wildman–Crippen LogP) is 3.89. The van der Waals surface area contributed by atoms with Crippen LogP contribution in [-0.4, -0.2) is 11.1 Å². The summed E-state index contributed by atoms with van der Waals surface area (Å²) in [6, 6.07) is 8.77. The number of rotatable bonds is 4.